The van der Waals surface area contributed by atoms with E-state index < -0.39 is 21.8 Å². The molecule has 188 valence electrons. The number of rotatable bonds is 12. The van der Waals surface area contributed by atoms with Crippen molar-refractivity contribution in [1.82, 2.24) is 0 Å². The van der Waals surface area contributed by atoms with Crippen molar-refractivity contribution in [2.75, 3.05) is 31.4 Å². The predicted molar refractivity (Wildman–Crippen MR) is 132 cm³/mol. The van der Waals surface area contributed by atoms with Crippen molar-refractivity contribution in [3.63, 3.8) is 0 Å². The number of anilines is 1. The fourth-order valence-electron chi connectivity index (χ4n) is 2.92. The van der Waals surface area contributed by atoms with Gasteiger partial charge in [0.2, 0.25) is 0 Å². The molecule has 0 saturated heterocycles. The number of ether oxygens (including phenoxy) is 3. The summed E-state index contributed by atoms with van der Waals surface area (Å²) in [6, 6.07) is 15.3. The van der Waals surface area contributed by atoms with Crippen LogP contribution in [0.15, 0.2) is 48.5 Å². The van der Waals surface area contributed by atoms with Crippen LogP contribution >= 0.6 is 0 Å². The van der Waals surface area contributed by atoms with Crippen LogP contribution in [-0.4, -0.2) is 46.2 Å². The molecule has 8 nitrogen and oxygen atoms in total. The Bertz CT molecular complexity index is 997. The predicted octanol–water partition coefficient (Wildman–Crippen LogP) is 5.10. The molecule has 0 unspecified atom stereocenters. The second kappa shape index (κ2) is 12.7. The molecular formula is C25H35NO7S. The molecule has 0 fully saturated rings. The van der Waals surface area contributed by atoms with Crippen LogP contribution in [0.25, 0.3) is 0 Å². The van der Waals surface area contributed by atoms with Gasteiger partial charge in [-0.2, -0.15) is 8.42 Å². The highest BCUT2D eigenvalue weighted by molar-refractivity contribution is 7.85. The lowest BCUT2D eigenvalue weighted by Gasteiger charge is -2.19. The number of benzene rings is 2. The minimum absolute atomic E-state index is 0.112. The maximum atomic E-state index is 11.8. The molecule has 0 radical (unpaired) electrons. The van der Waals surface area contributed by atoms with Crippen molar-refractivity contribution in [1.29, 1.82) is 0 Å². The van der Waals surface area contributed by atoms with Crippen LogP contribution in [0, 0.1) is 0 Å². The molecule has 0 aliphatic rings. The molecule has 9 heteroatoms. The molecule has 0 saturated carbocycles. The summed E-state index contributed by atoms with van der Waals surface area (Å²) in [6.45, 7) is 8.43. The van der Waals surface area contributed by atoms with Crippen molar-refractivity contribution in [2.24, 2.45) is 0 Å². The molecule has 0 spiro atoms. The Balaban J connectivity index is 1.70. The first-order chi connectivity index (χ1) is 15.9. The lowest BCUT2D eigenvalue weighted by Crippen LogP contribution is -2.27. The topological polar surface area (TPSA) is 100 Å². The molecule has 2 aromatic rings. The highest BCUT2D eigenvalue weighted by Gasteiger charge is 2.16. The summed E-state index contributed by atoms with van der Waals surface area (Å²) < 4.78 is 43.4. The van der Waals surface area contributed by atoms with Gasteiger partial charge in [-0.25, -0.2) is 4.79 Å². The first-order valence-corrected chi connectivity index (χ1v) is 13.0. The summed E-state index contributed by atoms with van der Waals surface area (Å²) in [5.74, 6) is 0.765. The molecule has 1 amide bonds. The third-order valence-electron chi connectivity index (χ3n) is 4.56. The van der Waals surface area contributed by atoms with Crippen LogP contribution in [-0.2, 0) is 30.2 Å². The van der Waals surface area contributed by atoms with Gasteiger partial charge < -0.3 is 14.2 Å². The van der Waals surface area contributed by atoms with E-state index in [9.17, 15) is 13.2 Å². The normalized spacial score (nSPS) is 12.7. The Morgan fingerprint density at radius 1 is 0.971 bits per heavy atom. The number of hydrogen-bond donors (Lipinski definition) is 1. The van der Waals surface area contributed by atoms with Crippen LogP contribution < -0.4 is 10.1 Å². The molecule has 0 aromatic heterocycles. The number of carbonyl (C=O) groups is 1. The molecule has 0 aliphatic carbocycles. The van der Waals surface area contributed by atoms with Gasteiger partial charge in [-0.3, -0.25) is 9.50 Å². The van der Waals surface area contributed by atoms with Crippen molar-refractivity contribution in [3.05, 3.63) is 59.7 Å². The lowest BCUT2D eigenvalue weighted by molar-refractivity contribution is 0.0576. The number of carbonyl (C=O) groups excluding carboxylic acids is 1. The van der Waals surface area contributed by atoms with E-state index in [1.165, 1.54) is 0 Å². The smallest absolute Gasteiger partial charge is 0.412 e. The van der Waals surface area contributed by atoms with E-state index in [1.54, 1.807) is 0 Å². The second-order valence-corrected chi connectivity index (χ2v) is 10.5. The van der Waals surface area contributed by atoms with E-state index in [-0.39, 0.29) is 12.7 Å². The average Bonchev–Trinajstić information content (AvgIpc) is 2.73. The van der Waals surface area contributed by atoms with Gasteiger partial charge in [0, 0.05) is 18.7 Å². The average molecular weight is 494 g/mol. The lowest BCUT2D eigenvalue weighted by atomic mass is 10.1. The molecule has 0 bridgehead atoms. The van der Waals surface area contributed by atoms with Gasteiger partial charge in [0.15, 0.2) is 0 Å². The second-order valence-electron chi connectivity index (χ2n) is 8.88. The molecule has 2 aromatic carbocycles. The summed E-state index contributed by atoms with van der Waals surface area (Å²) in [4.78, 5) is 11.8. The molecule has 1 N–H and O–H groups in total. The van der Waals surface area contributed by atoms with Crippen LogP contribution in [0.4, 0.5) is 10.5 Å². The van der Waals surface area contributed by atoms with Crippen molar-refractivity contribution in [2.45, 2.75) is 52.2 Å². The molecular weight excluding hydrogens is 458 g/mol. The summed E-state index contributed by atoms with van der Waals surface area (Å²) in [5, 5.41) is 2.71. The Kier molecular flexibility index (Phi) is 10.3. The maximum Gasteiger partial charge on any atom is 0.412 e. The third kappa shape index (κ3) is 11.5. The van der Waals surface area contributed by atoms with Gasteiger partial charge in [0.1, 0.15) is 11.4 Å². The van der Waals surface area contributed by atoms with Gasteiger partial charge in [-0.15, -0.1) is 0 Å². The molecule has 34 heavy (non-hydrogen) atoms. The summed E-state index contributed by atoms with van der Waals surface area (Å²) in [5.41, 5.74) is 2.23. The van der Waals surface area contributed by atoms with Crippen molar-refractivity contribution < 1.29 is 31.6 Å². The molecule has 0 aliphatic heterocycles. The molecule has 0 heterocycles. The summed E-state index contributed by atoms with van der Waals surface area (Å²) in [7, 11) is -3.41. The molecule has 1 atom stereocenters. The number of amides is 1. The van der Waals surface area contributed by atoms with Crippen LogP contribution in [0.3, 0.4) is 0 Å². The zero-order valence-electron chi connectivity index (χ0n) is 20.5. The van der Waals surface area contributed by atoms with E-state index in [4.69, 9.17) is 18.4 Å². The minimum Gasteiger partial charge on any atom is -0.493 e. The van der Waals surface area contributed by atoms with Gasteiger partial charge in [0.05, 0.1) is 25.6 Å². The van der Waals surface area contributed by atoms with Crippen molar-refractivity contribution in [3.8, 4) is 5.75 Å². The maximum absolute atomic E-state index is 11.8. The Labute approximate surface area is 202 Å². The summed E-state index contributed by atoms with van der Waals surface area (Å²) in [6.07, 6.45) is 1.65. The van der Waals surface area contributed by atoms with E-state index in [0.29, 0.717) is 25.3 Å². The van der Waals surface area contributed by atoms with Gasteiger partial charge in [-0.05, 0) is 69.5 Å². The first-order valence-electron chi connectivity index (χ1n) is 11.2. The zero-order chi connectivity index (χ0) is 25.2. The Hall–Kier alpha value is -2.62. The van der Waals surface area contributed by atoms with E-state index in [0.717, 1.165) is 29.6 Å². The Morgan fingerprint density at radius 2 is 1.62 bits per heavy atom. The SMILES string of the molecule is C[C@H](OCCCOS(C)(=O)=O)c1ccc(OCCc2ccc(NC(=O)OC(C)(C)C)cc2)cc1. The van der Waals surface area contributed by atoms with Crippen LogP contribution in [0.1, 0.15) is 51.3 Å². The largest absolute Gasteiger partial charge is 0.493 e. The summed E-state index contributed by atoms with van der Waals surface area (Å²) >= 11 is 0. The number of hydrogen-bond acceptors (Lipinski definition) is 7. The third-order valence-corrected chi connectivity index (χ3v) is 5.16. The van der Waals surface area contributed by atoms with Crippen LogP contribution in [0.5, 0.6) is 5.75 Å². The number of nitrogens with one attached hydrogen (secondary N) is 1. The highest BCUT2D eigenvalue weighted by Crippen LogP contribution is 2.21. The first kappa shape index (κ1) is 27.6. The highest BCUT2D eigenvalue weighted by atomic mass is 32.2. The van der Waals surface area contributed by atoms with Gasteiger partial charge >= 0.3 is 6.09 Å². The Morgan fingerprint density at radius 3 is 2.21 bits per heavy atom. The van der Waals surface area contributed by atoms with E-state index in [1.807, 2.05) is 76.2 Å². The van der Waals surface area contributed by atoms with Crippen molar-refractivity contribution >= 4 is 21.9 Å². The zero-order valence-corrected chi connectivity index (χ0v) is 21.3. The standard InChI is InChI=1S/C25H35NO7S/c1-19(30-16-6-17-32-34(5,28)29)21-9-13-23(14-10-21)31-18-15-20-7-11-22(12-8-20)26-24(27)33-25(2,3)4/h7-14,19H,6,15-18H2,1-5H3,(H,26,27)/t19-/m0/s1. The molecule has 2 rings (SSSR count). The fourth-order valence-corrected chi connectivity index (χ4v) is 3.34. The van der Waals surface area contributed by atoms with Crippen LogP contribution in [0.2, 0.25) is 0 Å². The van der Waals surface area contributed by atoms with E-state index >= 15 is 0 Å². The van der Waals surface area contributed by atoms with Gasteiger partial charge in [0.25, 0.3) is 10.1 Å². The monoisotopic (exact) mass is 493 g/mol. The quantitative estimate of drug-likeness (QED) is 0.324. The fraction of sp³-hybridized carbons (Fsp3) is 0.480. The minimum atomic E-state index is -3.41. The van der Waals surface area contributed by atoms with E-state index in [2.05, 4.69) is 5.32 Å². The van der Waals surface area contributed by atoms with Gasteiger partial charge in [-0.1, -0.05) is 24.3 Å².